The van der Waals surface area contributed by atoms with E-state index in [9.17, 15) is 9.90 Å². The van der Waals surface area contributed by atoms with Crippen LogP contribution in [0, 0.1) is 11.8 Å². The fourth-order valence-corrected chi connectivity index (χ4v) is 2.97. The SMILES string of the molecule is CC(C)(C)OC(=O)NC[C@H]1CN(Cc2ccccc2)C[C@H]1CO. The third-order valence-corrected chi connectivity index (χ3v) is 4.04. The largest absolute Gasteiger partial charge is 0.444 e. The molecular weight excluding hydrogens is 292 g/mol. The van der Waals surface area contributed by atoms with Gasteiger partial charge in [-0.15, -0.1) is 0 Å². The monoisotopic (exact) mass is 320 g/mol. The summed E-state index contributed by atoms with van der Waals surface area (Å²) < 4.78 is 5.26. The van der Waals surface area contributed by atoms with Crippen molar-refractivity contribution in [2.24, 2.45) is 11.8 Å². The van der Waals surface area contributed by atoms with E-state index < -0.39 is 11.7 Å². The molecule has 2 rings (SSSR count). The van der Waals surface area contributed by atoms with Crippen molar-refractivity contribution in [3.63, 3.8) is 0 Å². The molecule has 23 heavy (non-hydrogen) atoms. The van der Waals surface area contributed by atoms with Crippen LogP contribution >= 0.6 is 0 Å². The molecule has 1 aliphatic rings. The van der Waals surface area contributed by atoms with Gasteiger partial charge in [0.25, 0.3) is 0 Å². The zero-order chi connectivity index (χ0) is 16.9. The molecule has 2 N–H and O–H groups in total. The number of hydrogen-bond acceptors (Lipinski definition) is 4. The molecular formula is C18H28N2O3. The molecule has 1 aromatic rings. The Labute approximate surface area is 138 Å². The van der Waals surface area contributed by atoms with Crippen molar-refractivity contribution in [3.05, 3.63) is 35.9 Å². The number of amides is 1. The Morgan fingerprint density at radius 3 is 2.52 bits per heavy atom. The van der Waals surface area contributed by atoms with Crippen molar-refractivity contribution in [2.75, 3.05) is 26.2 Å². The van der Waals surface area contributed by atoms with E-state index in [0.29, 0.717) is 6.54 Å². The second-order valence-corrected chi connectivity index (χ2v) is 7.27. The van der Waals surface area contributed by atoms with Crippen LogP contribution in [-0.4, -0.2) is 47.9 Å². The molecule has 0 spiro atoms. The van der Waals surface area contributed by atoms with E-state index in [0.717, 1.165) is 19.6 Å². The number of ether oxygens (including phenoxy) is 1. The normalized spacial score (nSPS) is 22.1. The molecule has 2 atom stereocenters. The first-order valence-corrected chi connectivity index (χ1v) is 8.21. The van der Waals surface area contributed by atoms with Gasteiger partial charge in [-0.1, -0.05) is 30.3 Å². The maximum Gasteiger partial charge on any atom is 0.407 e. The quantitative estimate of drug-likeness (QED) is 0.873. The Morgan fingerprint density at radius 1 is 1.26 bits per heavy atom. The second-order valence-electron chi connectivity index (χ2n) is 7.27. The van der Waals surface area contributed by atoms with E-state index in [-0.39, 0.29) is 18.4 Å². The molecule has 0 aliphatic carbocycles. The van der Waals surface area contributed by atoms with Gasteiger partial charge in [0.2, 0.25) is 0 Å². The van der Waals surface area contributed by atoms with Crippen LogP contribution in [0.1, 0.15) is 26.3 Å². The lowest BCUT2D eigenvalue weighted by Crippen LogP contribution is -2.37. The first-order valence-electron chi connectivity index (χ1n) is 8.21. The summed E-state index contributed by atoms with van der Waals surface area (Å²) in [5, 5.41) is 12.4. The molecule has 5 nitrogen and oxygen atoms in total. The van der Waals surface area contributed by atoms with E-state index in [1.165, 1.54) is 5.56 Å². The topological polar surface area (TPSA) is 61.8 Å². The number of likely N-dealkylation sites (tertiary alicyclic amines) is 1. The van der Waals surface area contributed by atoms with Gasteiger partial charge in [-0.2, -0.15) is 0 Å². The molecule has 1 fully saturated rings. The van der Waals surface area contributed by atoms with Crippen molar-refractivity contribution in [1.29, 1.82) is 0 Å². The molecule has 0 aromatic heterocycles. The number of nitrogens with zero attached hydrogens (tertiary/aromatic N) is 1. The highest BCUT2D eigenvalue weighted by Crippen LogP contribution is 2.24. The van der Waals surface area contributed by atoms with Crippen molar-refractivity contribution >= 4 is 6.09 Å². The minimum absolute atomic E-state index is 0.145. The molecule has 0 unspecified atom stereocenters. The molecule has 1 amide bonds. The van der Waals surface area contributed by atoms with Crippen LogP contribution in [-0.2, 0) is 11.3 Å². The molecule has 0 saturated carbocycles. The first-order chi connectivity index (χ1) is 10.9. The summed E-state index contributed by atoms with van der Waals surface area (Å²) in [5.41, 5.74) is 0.778. The van der Waals surface area contributed by atoms with Gasteiger partial charge < -0.3 is 15.2 Å². The Balaban J connectivity index is 1.83. The minimum atomic E-state index is -0.491. The molecule has 1 heterocycles. The molecule has 0 bridgehead atoms. The van der Waals surface area contributed by atoms with E-state index in [2.05, 4.69) is 22.3 Å². The smallest absolute Gasteiger partial charge is 0.407 e. The van der Waals surface area contributed by atoms with Crippen LogP contribution in [0.3, 0.4) is 0 Å². The summed E-state index contributed by atoms with van der Waals surface area (Å²) in [6.07, 6.45) is -0.393. The van der Waals surface area contributed by atoms with Gasteiger partial charge in [-0.25, -0.2) is 4.79 Å². The lowest BCUT2D eigenvalue weighted by Gasteiger charge is -2.22. The number of nitrogens with one attached hydrogen (secondary N) is 1. The van der Waals surface area contributed by atoms with Gasteiger partial charge in [0.15, 0.2) is 0 Å². The average Bonchev–Trinajstić information content (AvgIpc) is 2.86. The maximum atomic E-state index is 11.8. The van der Waals surface area contributed by atoms with Crippen LogP contribution < -0.4 is 5.32 Å². The van der Waals surface area contributed by atoms with Crippen LogP contribution in [0.2, 0.25) is 0 Å². The number of benzene rings is 1. The Hall–Kier alpha value is -1.59. The van der Waals surface area contributed by atoms with E-state index in [1.54, 1.807) is 0 Å². The third-order valence-electron chi connectivity index (χ3n) is 4.04. The Kier molecular flexibility index (Phi) is 6.02. The number of carbonyl (C=O) groups excluding carboxylic acids is 1. The number of alkyl carbamates (subject to hydrolysis) is 1. The second kappa shape index (κ2) is 7.79. The standard InChI is InChI=1S/C18H28N2O3/c1-18(2,3)23-17(22)19-9-15-11-20(12-16(15)13-21)10-14-7-5-4-6-8-14/h4-8,15-16,21H,9-13H2,1-3H3,(H,19,22)/t15-,16-/m0/s1. The van der Waals surface area contributed by atoms with Crippen molar-refractivity contribution in [3.8, 4) is 0 Å². The highest BCUT2D eigenvalue weighted by molar-refractivity contribution is 5.67. The third kappa shape index (κ3) is 5.84. The number of aliphatic hydroxyl groups is 1. The highest BCUT2D eigenvalue weighted by Gasteiger charge is 2.32. The zero-order valence-corrected chi connectivity index (χ0v) is 14.3. The lowest BCUT2D eigenvalue weighted by atomic mass is 9.97. The van der Waals surface area contributed by atoms with E-state index in [4.69, 9.17) is 4.74 Å². The molecule has 5 heteroatoms. The highest BCUT2D eigenvalue weighted by atomic mass is 16.6. The number of rotatable bonds is 5. The predicted molar refractivity (Wildman–Crippen MR) is 90.0 cm³/mol. The lowest BCUT2D eigenvalue weighted by molar-refractivity contribution is 0.0512. The van der Waals surface area contributed by atoms with Gasteiger partial charge in [0.05, 0.1) is 0 Å². The van der Waals surface area contributed by atoms with Crippen LogP contribution in [0.5, 0.6) is 0 Å². The summed E-state index contributed by atoms with van der Waals surface area (Å²) in [4.78, 5) is 14.1. The molecule has 1 aromatic carbocycles. The number of hydrogen-bond donors (Lipinski definition) is 2. The van der Waals surface area contributed by atoms with Gasteiger partial charge in [-0.05, 0) is 32.3 Å². The maximum absolute atomic E-state index is 11.8. The number of aliphatic hydroxyl groups excluding tert-OH is 1. The average molecular weight is 320 g/mol. The van der Waals surface area contributed by atoms with Crippen molar-refractivity contribution in [1.82, 2.24) is 10.2 Å². The molecule has 128 valence electrons. The Morgan fingerprint density at radius 2 is 1.91 bits per heavy atom. The number of carbonyl (C=O) groups is 1. The molecule has 0 radical (unpaired) electrons. The summed E-state index contributed by atoms with van der Waals surface area (Å²) in [7, 11) is 0. The fourth-order valence-electron chi connectivity index (χ4n) is 2.97. The zero-order valence-electron chi connectivity index (χ0n) is 14.3. The van der Waals surface area contributed by atoms with Crippen LogP contribution in [0.15, 0.2) is 30.3 Å². The molecule has 1 saturated heterocycles. The fraction of sp³-hybridized carbons (Fsp3) is 0.611. The minimum Gasteiger partial charge on any atom is -0.444 e. The summed E-state index contributed by atoms with van der Waals surface area (Å²) in [6.45, 7) is 8.82. The van der Waals surface area contributed by atoms with Crippen molar-refractivity contribution < 1.29 is 14.6 Å². The summed E-state index contributed by atoms with van der Waals surface area (Å²) in [5.74, 6) is 0.435. The van der Waals surface area contributed by atoms with Gasteiger partial charge in [0, 0.05) is 38.7 Å². The Bertz CT molecular complexity index is 499. The predicted octanol–water partition coefficient (Wildman–Crippen LogP) is 2.25. The summed E-state index contributed by atoms with van der Waals surface area (Å²) >= 11 is 0. The van der Waals surface area contributed by atoms with E-state index in [1.807, 2.05) is 39.0 Å². The first kappa shape index (κ1) is 17.8. The van der Waals surface area contributed by atoms with Crippen molar-refractivity contribution in [2.45, 2.75) is 32.9 Å². The van der Waals surface area contributed by atoms with Crippen LogP contribution in [0.25, 0.3) is 0 Å². The van der Waals surface area contributed by atoms with Gasteiger partial charge in [0.1, 0.15) is 5.60 Å². The van der Waals surface area contributed by atoms with E-state index >= 15 is 0 Å². The summed E-state index contributed by atoms with van der Waals surface area (Å²) in [6, 6.07) is 10.3. The van der Waals surface area contributed by atoms with Crippen LogP contribution in [0.4, 0.5) is 4.79 Å². The van der Waals surface area contributed by atoms with Gasteiger partial charge in [-0.3, -0.25) is 4.90 Å². The van der Waals surface area contributed by atoms with Gasteiger partial charge >= 0.3 is 6.09 Å². The molecule has 1 aliphatic heterocycles.